The Morgan fingerprint density at radius 2 is 1.52 bits per heavy atom. The van der Waals surface area contributed by atoms with Crippen molar-refractivity contribution >= 4 is 32.6 Å². The Bertz CT molecular complexity index is 1360. The Hall–Kier alpha value is -3.71. The fourth-order valence-corrected chi connectivity index (χ4v) is 4.83. The Morgan fingerprint density at radius 3 is 2.32 bits per heavy atom. The first-order valence-electron chi connectivity index (χ1n) is 9.71. The van der Waals surface area contributed by atoms with Crippen LogP contribution < -0.4 is 4.72 Å². The number of rotatable bonds is 7. The molecule has 0 spiro atoms. The zero-order valence-electron chi connectivity index (χ0n) is 16.5. The summed E-state index contributed by atoms with van der Waals surface area (Å²) in [5, 5.41) is 10.1. The van der Waals surface area contributed by atoms with Gasteiger partial charge in [-0.1, -0.05) is 54.6 Å². The number of hydrogen-bond donors (Lipinski definition) is 2. The summed E-state index contributed by atoms with van der Waals surface area (Å²) >= 11 is 0. The van der Waals surface area contributed by atoms with Crippen LogP contribution in [0.4, 0.5) is 5.69 Å². The lowest BCUT2D eigenvalue weighted by Crippen LogP contribution is -2.15. The van der Waals surface area contributed by atoms with E-state index in [9.17, 15) is 18.3 Å². The molecule has 0 aliphatic rings. The number of nitrogens with zero attached hydrogens (tertiary/aromatic N) is 1. The summed E-state index contributed by atoms with van der Waals surface area (Å²) in [6, 6.07) is 22.6. The van der Waals surface area contributed by atoms with E-state index in [2.05, 4.69) is 9.71 Å². The average Bonchev–Trinajstić information content (AvgIpc) is 2.78. The van der Waals surface area contributed by atoms with Crippen LogP contribution >= 0.6 is 0 Å². The summed E-state index contributed by atoms with van der Waals surface area (Å²) in [7, 11) is -3.87. The molecule has 6 nitrogen and oxygen atoms in total. The molecule has 0 saturated heterocycles. The van der Waals surface area contributed by atoms with Crippen molar-refractivity contribution in [3.05, 3.63) is 102 Å². The average molecular weight is 433 g/mol. The van der Waals surface area contributed by atoms with E-state index in [1.54, 1.807) is 54.7 Å². The molecule has 0 unspecified atom stereocenters. The molecule has 156 valence electrons. The summed E-state index contributed by atoms with van der Waals surface area (Å²) < 4.78 is 29.0. The highest BCUT2D eigenvalue weighted by Gasteiger charge is 2.19. The van der Waals surface area contributed by atoms with Crippen molar-refractivity contribution < 1.29 is 18.3 Å². The van der Waals surface area contributed by atoms with Crippen LogP contribution in [0.2, 0.25) is 0 Å². The highest BCUT2D eigenvalue weighted by Crippen LogP contribution is 2.26. The van der Waals surface area contributed by atoms with Gasteiger partial charge in [0.2, 0.25) is 0 Å². The molecule has 0 bridgehead atoms. The van der Waals surface area contributed by atoms with E-state index >= 15 is 0 Å². The second-order valence-electron chi connectivity index (χ2n) is 7.06. The Kier molecular flexibility index (Phi) is 5.68. The van der Waals surface area contributed by atoms with E-state index < -0.39 is 16.0 Å². The molecule has 1 aromatic heterocycles. The molecule has 0 atom stereocenters. The summed E-state index contributed by atoms with van der Waals surface area (Å²) in [4.78, 5) is 15.8. The number of carbonyl (C=O) groups is 1. The van der Waals surface area contributed by atoms with Crippen molar-refractivity contribution in [3.8, 4) is 0 Å². The van der Waals surface area contributed by atoms with Crippen molar-refractivity contribution in [2.45, 2.75) is 17.7 Å². The van der Waals surface area contributed by atoms with Gasteiger partial charge in [-0.3, -0.25) is 9.71 Å². The van der Waals surface area contributed by atoms with Gasteiger partial charge in [-0.05, 0) is 48.2 Å². The molecule has 0 saturated carbocycles. The van der Waals surface area contributed by atoms with Gasteiger partial charge in [-0.15, -0.1) is 0 Å². The van der Waals surface area contributed by atoms with E-state index in [4.69, 9.17) is 0 Å². The molecule has 3 aromatic carbocycles. The van der Waals surface area contributed by atoms with Crippen LogP contribution in [0.5, 0.6) is 0 Å². The Labute approximate surface area is 180 Å². The lowest BCUT2D eigenvalue weighted by atomic mass is 9.99. The van der Waals surface area contributed by atoms with Crippen LogP contribution in [0, 0.1) is 0 Å². The highest BCUT2D eigenvalue weighted by atomic mass is 32.2. The highest BCUT2D eigenvalue weighted by molar-refractivity contribution is 7.93. The van der Waals surface area contributed by atoms with Gasteiger partial charge < -0.3 is 5.11 Å². The number of aromatic nitrogens is 1. The first kappa shape index (κ1) is 20.6. The molecule has 4 rings (SSSR count). The number of benzene rings is 3. The minimum absolute atomic E-state index is 0.108. The SMILES string of the molecule is O=C(O)c1ccccc1CCc1ccccc1NS(=O)(=O)c1cccc2cccnc12. The molecule has 0 radical (unpaired) electrons. The maximum absolute atomic E-state index is 13.2. The first-order valence-corrected chi connectivity index (χ1v) is 11.2. The van der Waals surface area contributed by atoms with Crippen LogP contribution in [0.1, 0.15) is 21.5 Å². The molecule has 0 aliphatic heterocycles. The molecule has 0 fully saturated rings. The van der Waals surface area contributed by atoms with Crippen molar-refractivity contribution in [2.75, 3.05) is 4.72 Å². The molecule has 7 heteroatoms. The van der Waals surface area contributed by atoms with Gasteiger partial charge in [0.05, 0.1) is 16.8 Å². The first-order chi connectivity index (χ1) is 15.0. The zero-order valence-corrected chi connectivity index (χ0v) is 17.3. The molecular formula is C24H20N2O4S. The molecule has 0 aliphatic carbocycles. The number of pyridine rings is 1. The summed E-state index contributed by atoms with van der Waals surface area (Å²) in [5.74, 6) is -0.979. The fourth-order valence-electron chi connectivity index (χ4n) is 3.55. The molecule has 4 aromatic rings. The zero-order chi connectivity index (χ0) is 21.8. The topological polar surface area (TPSA) is 96.4 Å². The number of fused-ring (bicyclic) bond motifs is 1. The monoisotopic (exact) mass is 432 g/mol. The van der Waals surface area contributed by atoms with Crippen molar-refractivity contribution in [2.24, 2.45) is 0 Å². The number of carboxylic acid groups (broad SMARTS) is 1. The van der Waals surface area contributed by atoms with Gasteiger partial charge in [-0.25, -0.2) is 13.2 Å². The van der Waals surface area contributed by atoms with E-state index in [-0.39, 0.29) is 10.5 Å². The van der Waals surface area contributed by atoms with Gasteiger partial charge >= 0.3 is 5.97 Å². The number of hydrogen-bond acceptors (Lipinski definition) is 4. The number of sulfonamides is 1. The number of aryl methyl sites for hydroxylation is 2. The predicted octanol–water partition coefficient (Wildman–Crippen LogP) is 4.52. The van der Waals surface area contributed by atoms with Crippen LogP contribution in [0.3, 0.4) is 0 Å². The predicted molar refractivity (Wildman–Crippen MR) is 120 cm³/mol. The molecule has 1 heterocycles. The Balaban J connectivity index is 1.63. The summed E-state index contributed by atoms with van der Waals surface area (Å²) in [6.07, 6.45) is 2.52. The van der Waals surface area contributed by atoms with Crippen LogP contribution in [0.15, 0.2) is 90.0 Å². The summed E-state index contributed by atoms with van der Waals surface area (Å²) in [5.41, 5.74) is 2.60. The van der Waals surface area contributed by atoms with Crippen molar-refractivity contribution in [3.63, 3.8) is 0 Å². The second-order valence-corrected chi connectivity index (χ2v) is 8.71. The molecule has 0 amide bonds. The van der Waals surface area contributed by atoms with E-state index in [0.29, 0.717) is 29.6 Å². The lowest BCUT2D eigenvalue weighted by Gasteiger charge is -2.14. The number of carboxylic acids is 1. The van der Waals surface area contributed by atoms with E-state index in [0.717, 1.165) is 10.9 Å². The van der Waals surface area contributed by atoms with Gasteiger partial charge in [0.15, 0.2) is 0 Å². The third-order valence-corrected chi connectivity index (χ3v) is 6.46. The molecular weight excluding hydrogens is 412 g/mol. The maximum Gasteiger partial charge on any atom is 0.335 e. The number of nitrogens with one attached hydrogen (secondary N) is 1. The number of aromatic carboxylic acids is 1. The minimum Gasteiger partial charge on any atom is -0.478 e. The molecule has 31 heavy (non-hydrogen) atoms. The van der Waals surface area contributed by atoms with E-state index in [1.807, 2.05) is 24.3 Å². The van der Waals surface area contributed by atoms with Crippen LogP contribution in [0.25, 0.3) is 10.9 Å². The third kappa shape index (κ3) is 4.41. The normalized spacial score (nSPS) is 11.4. The van der Waals surface area contributed by atoms with Gasteiger partial charge in [0, 0.05) is 11.6 Å². The third-order valence-electron chi connectivity index (χ3n) is 5.06. The number of anilines is 1. The maximum atomic E-state index is 13.2. The van der Waals surface area contributed by atoms with E-state index in [1.165, 1.54) is 6.07 Å². The van der Waals surface area contributed by atoms with Gasteiger partial charge in [-0.2, -0.15) is 0 Å². The minimum atomic E-state index is -3.87. The van der Waals surface area contributed by atoms with Gasteiger partial charge in [0.1, 0.15) is 4.90 Å². The largest absolute Gasteiger partial charge is 0.478 e. The summed E-state index contributed by atoms with van der Waals surface area (Å²) in [6.45, 7) is 0. The van der Waals surface area contributed by atoms with Crippen LogP contribution in [-0.2, 0) is 22.9 Å². The quantitative estimate of drug-likeness (QED) is 0.448. The second kappa shape index (κ2) is 8.57. The standard InChI is InChI=1S/C24H20N2O4S/c27-24(28)20-11-3-1-7-17(20)14-15-18-8-2-4-12-21(18)26-31(29,30)22-13-5-9-19-10-6-16-25-23(19)22/h1-13,16,26H,14-15H2,(H,27,28). The number of para-hydroxylation sites is 2. The lowest BCUT2D eigenvalue weighted by molar-refractivity contribution is 0.0695. The smallest absolute Gasteiger partial charge is 0.335 e. The van der Waals surface area contributed by atoms with Crippen molar-refractivity contribution in [1.82, 2.24) is 4.98 Å². The van der Waals surface area contributed by atoms with Gasteiger partial charge in [0.25, 0.3) is 10.0 Å². The van der Waals surface area contributed by atoms with Crippen molar-refractivity contribution in [1.29, 1.82) is 0 Å². The van der Waals surface area contributed by atoms with Crippen LogP contribution in [-0.4, -0.2) is 24.5 Å². The Morgan fingerprint density at radius 1 is 0.839 bits per heavy atom. The molecule has 2 N–H and O–H groups in total. The fraction of sp³-hybridized carbons (Fsp3) is 0.0833.